The van der Waals surface area contributed by atoms with Crippen molar-refractivity contribution in [3.8, 4) is 23.3 Å². The average Bonchev–Trinajstić information content (AvgIpc) is 2.66. The fourth-order valence-electron chi connectivity index (χ4n) is 2.25. The summed E-state index contributed by atoms with van der Waals surface area (Å²) in [5.41, 5.74) is 0.870. The first-order valence-electron chi connectivity index (χ1n) is 7.51. The van der Waals surface area contributed by atoms with E-state index in [4.69, 9.17) is 25.8 Å². The minimum atomic E-state index is -0.575. The molecule has 0 atom stereocenters. The number of halogens is 1. The molecule has 26 heavy (non-hydrogen) atoms. The highest BCUT2D eigenvalue weighted by atomic mass is 35.5. The molecule has 0 bridgehead atoms. The molecule has 7 heteroatoms. The summed E-state index contributed by atoms with van der Waals surface area (Å²) < 4.78 is 15.8. The second kappa shape index (κ2) is 8.79. The Balaban J connectivity index is 2.38. The fourth-order valence-corrected chi connectivity index (χ4v) is 2.44. The standard InChI is InChI=1S/C19H17ClN2O4/c1-24-16-9-12(10-17(25-2)18(16)26-3)8-13(11-21)19(23)22-15-7-5-4-6-14(15)20/h4-10H,1-3H3,(H,22,23). The Morgan fingerprint density at radius 1 is 1.12 bits per heavy atom. The highest BCUT2D eigenvalue weighted by Gasteiger charge is 2.15. The van der Waals surface area contributed by atoms with E-state index in [2.05, 4.69) is 5.32 Å². The van der Waals surface area contributed by atoms with Gasteiger partial charge in [0.1, 0.15) is 11.6 Å². The summed E-state index contributed by atoms with van der Waals surface area (Å²) in [6, 6.07) is 11.9. The Hall–Kier alpha value is -3.17. The maximum absolute atomic E-state index is 12.4. The number of amides is 1. The van der Waals surface area contributed by atoms with Crippen molar-refractivity contribution in [3.05, 3.63) is 52.6 Å². The van der Waals surface area contributed by atoms with Gasteiger partial charge in [-0.2, -0.15) is 5.26 Å². The smallest absolute Gasteiger partial charge is 0.266 e. The van der Waals surface area contributed by atoms with Crippen molar-refractivity contribution < 1.29 is 19.0 Å². The molecule has 0 aliphatic rings. The van der Waals surface area contributed by atoms with Crippen molar-refractivity contribution in [1.82, 2.24) is 0 Å². The number of anilines is 1. The predicted molar refractivity (Wildman–Crippen MR) is 99.8 cm³/mol. The van der Waals surface area contributed by atoms with Crippen LogP contribution in [0.2, 0.25) is 5.02 Å². The molecule has 2 rings (SSSR count). The van der Waals surface area contributed by atoms with Crippen molar-refractivity contribution in [2.45, 2.75) is 0 Å². The van der Waals surface area contributed by atoms with Gasteiger partial charge in [-0.1, -0.05) is 23.7 Å². The highest BCUT2D eigenvalue weighted by molar-refractivity contribution is 6.34. The maximum Gasteiger partial charge on any atom is 0.266 e. The number of methoxy groups -OCH3 is 3. The van der Waals surface area contributed by atoms with E-state index in [1.54, 1.807) is 36.4 Å². The Morgan fingerprint density at radius 3 is 2.23 bits per heavy atom. The van der Waals surface area contributed by atoms with E-state index in [-0.39, 0.29) is 5.57 Å². The Kier molecular flexibility index (Phi) is 6.48. The van der Waals surface area contributed by atoms with E-state index < -0.39 is 5.91 Å². The summed E-state index contributed by atoms with van der Waals surface area (Å²) in [5, 5.41) is 12.4. The topological polar surface area (TPSA) is 80.6 Å². The first-order valence-corrected chi connectivity index (χ1v) is 7.89. The number of carbonyl (C=O) groups excluding carboxylic acids is 1. The summed E-state index contributed by atoms with van der Waals surface area (Å²) in [6.45, 7) is 0. The van der Waals surface area contributed by atoms with Gasteiger partial charge in [-0.3, -0.25) is 4.79 Å². The van der Waals surface area contributed by atoms with Crippen LogP contribution in [0.15, 0.2) is 42.0 Å². The van der Waals surface area contributed by atoms with Gasteiger partial charge < -0.3 is 19.5 Å². The quantitative estimate of drug-likeness (QED) is 0.614. The Morgan fingerprint density at radius 2 is 1.73 bits per heavy atom. The fraction of sp³-hybridized carbons (Fsp3) is 0.158. The molecule has 0 unspecified atom stereocenters. The monoisotopic (exact) mass is 372 g/mol. The largest absolute Gasteiger partial charge is 0.493 e. The van der Waals surface area contributed by atoms with Crippen molar-refractivity contribution in [1.29, 1.82) is 5.26 Å². The molecule has 6 nitrogen and oxygen atoms in total. The minimum absolute atomic E-state index is 0.0980. The van der Waals surface area contributed by atoms with Crippen LogP contribution in [0, 0.1) is 11.3 Å². The zero-order chi connectivity index (χ0) is 19.1. The Labute approximate surface area is 156 Å². The third-order valence-electron chi connectivity index (χ3n) is 3.49. The van der Waals surface area contributed by atoms with E-state index in [1.807, 2.05) is 6.07 Å². The number of para-hydroxylation sites is 1. The lowest BCUT2D eigenvalue weighted by atomic mass is 10.1. The lowest BCUT2D eigenvalue weighted by Gasteiger charge is -2.13. The molecular weight excluding hydrogens is 356 g/mol. The molecule has 1 amide bonds. The molecule has 0 aliphatic carbocycles. The zero-order valence-corrected chi connectivity index (χ0v) is 15.3. The number of benzene rings is 2. The molecular formula is C19H17ClN2O4. The van der Waals surface area contributed by atoms with Gasteiger partial charge in [0.15, 0.2) is 11.5 Å². The first-order chi connectivity index (χ1) is 12.5. The molecule has 0 aromatic heterocycles. The molecule has 0 saturated carbocycles. The highest BCUT2D eigenvalue weighted by Crippen LogP contribution is 2.38. The van der Waals surface area contributed by atoms with Gasteiger partial charge in [0.05, 0.1) is 32.0 Å². The summed E-state index contributed by atoms with van der Waals surface area (Å²) in [4.78, 5) is 12.4. The summed E-state index contributed by atoms with van der Waals surface area (Å²) in [6.07, 6.45) is 1.43. The number of hydrogen-bond acceptors (Lipinski definition) is 5. The minimum Gasteiger partial charge on any atom is -0.493 e. The number of rotatable bonds is 6. The van der Waals surface area contributed by atoms with Crippen LogP contribution in [-0.2, 0) is 4.79 Å². The molecule has 0 saturated heterocycles. The van der Waals surface area contributed by atoms with Gasteiger partial charge >= 0.3 is 0 Å². The Bertz CT molecular complexity index is 862. The molecule has 0 fully saturated rings. The molecule has 0 aliphatic heterocycles. The van der Waals surface area contributed by atoms with Crippen molar-refractivity contribution in [2.24, 2.45) is 0 Å². The molecule has 0 heterocycles. The van der Waals surface area contributed by atoms with Crippen LogP contribution >= 0.6 is 11.6 Å². The number of ether oxygens (including phenoxy) is 3. The van der Waals surface area contributed by atoms with Gasteiger partial charge in [-0.25, -0.2) is 0 Å². The molecule has 2 aromatic carbocycles. The molecule has 0 radical (unpaired) electrons. The van der Waals surface area contributed by atoms with Crippen LogP contribution in [0.25, 0.3) is 6.08 Å². The van der Waals surface area contributed by atoms with Crippen LogP contribution in [0.4, 0.5) is 5.69 Å². The molecule has 0 spiro atoms. The van der Waals surface area contributed by atoms with Gasteiger partial charge in [0.25, 0.3) is 5.91 Å². The van der Waals surface area contributed by atoms with Crippen LogP contribution in [0.5, 0.6) is 17.2 Å². The number of hydrogen-bond donors (Lipinski definition) is 1. The van der Waals surface area contributed by atoms with Crippen LogP contribution in [-0.4, -0.2) is 27.2 Å². The second-order valence-electron chi connectivity index (χ2n) is 5.06. The average molecular weight is 373 g/mol. The summed E-state index contributed by atoms with van der Waals surface area (Å²) in [7, 11) is 4.47. The van der Waals surface area contributed by atoms with Gasteiger partial charge in [-0.15, -0.1) is 0 Å². The summed E-state index contributed by atoms with van der Waals surface area (Å²) in [5.74, 6) is 0.685. The maximum atomic E-state index is 12.4. The van der Waals surface area contributed by atoms with E-state index in [0.717, 1.165) is 0 Å². The van der Waals surface area contributed by atoms with E-state index in [9.17, 15) is 10.1 Å². The van der Waals surface area contributed by atoms with Crippen LogP contribution in [0.1, 0.15) is 5.56 Å². The van der Waals surface area contributed by atoms with Crippen molar-refractivity contribution >= 4 is 29.3 Å². The third-order valence-corrected chi connectivity index (χ3v) is 3.81. The van der Waals surface area contributed by atoms with Crippen LogP contribution < -0.4 is 19.5 Å². The normalized spacial score (nSPS) is 10.7. The van der Waals surface area contributed by atoms with E-state index in [0.29, 0.717) is 33.5 Å². The zero-order valence-electron chi connectivity index (χ0n) is 14.5. The molecule has 2 aromatic rings. The molecule has 134 valence electrons. The third kappa shape index (κ3) is 4.26. The van der Waals surface area contributed by atoms with E-state index in [1.165, 1.54) is 27.4 Å². The first kappa shape index (κ1) is 19.2. The predicted octanol–water partition coefficient (Wildman–Crippen LogP) is 3.91. The van der Waals surface area contributed by atoms with Crippen LogP contribution in [0.3, 0.4) is 0 Å². The SMILES string of the molecule is COc1cc(C=C(C#N)C(=O)Nc2ccccc2Cl)cc(OC)c1OC. The lowest BCUT2D eigenvalue weighted by molar-refractivity contribution is -0.112. The molecule has 1 N–H and O–H groups in total. The van der Waals surface area contributed by atoms with Gasteiger partial charge in [0.2, 0.25) is 5.75 Å². The second-order valence-corrected chi connectivity index (χ2v) is 5.47. The number of nitrogens with one attached hydrogen (secondary N) is 1. The van der Waals surface area contributed by atoms with Gasteiger partial charge in [-0.05, 0) is 35.9 Å². The lowest BCUT2D eigenvalue weighted by Crippen LogP contribution is -2.13. The van der Waals surface area contributed by atoms with Gasteiger partial charge in [0, 0.05) is 0 Å². The number of carbonyl (C=O) groups is 1. The number of nitriles is 1. The van der Waals surface area contributed by atoms with Crippen molar-refractivity contribution in [2.75, 3.05) is 26.6 Å². The number of nitrogens with zero attached hydrogens (tertiary/aromatic N) is 1. The summed E-state index contributed by atoms with van der Waals surface area (Å²) >= 11 is 6.02. The van der Waals surface area contributed by atoms with Crippen molar-refractivity contribution in [3.63, 3.8) is 0 Å². The van der Waals surface area contributed by atoms with E-state index >= 15 is 0 Å².